The molecular formula is C17H21N3O2. The molecule has 1 spiro atoms. The molecule has 116 valence electrons. The van der Waals surface area contributed by atoms with Gasteiger partial charge in [-0.1, -0.05) is 0 Å². The molecule has 2 aromatic heterocycles. The van der Waals surface area contributed by atoms with Crippen molar-refractivity contribution in [3.05, 3.63) is 30.7 Å². The highest BCUT2D eigenvalue weighted by Crippen LogP contribution is 2.34. The maximum Gasteiger partial charge on any atom is 0.109 e. The van der Waals surface area contributed by atoms with Gasteiger partial charge in [-0.25, -0.2) is 0 Å². The van der Waals surface area contributed by atoms with Crippen molar-refractivity contribution in [2.24, 2.45) is 0 Å². The number of hydrogen-bond acceptors (Lipinski definition) is 5. The van der Waals surface area contributed by atoms with Crippen molar-refractivity contribution in [2.75, 3.05) is 31.2 Å². The van der Waals surface area contributed by atoms with Crippen molar-refractivity contribution < 1.29 is 9.47 Å². The lowest BCUT2D eigenvalue weighted by atomic mass is 9.93. The molecule has 4 heterocycles. The van der Waals surface area contributed by atoms with Crippen LogP contribution in [0.1, 0.15) is 19.8 Å². The Morgan fingerprint density at radius 1 is 1.32 bits per heavy atom. The number of morpholine rings is 1. The molecule has 2 aromatic rings. The molecule has 0 radical (unpaired) electrons. The van der Waals surface area contributed by atoms with Gasteiger partial charge in [0.2, 0.25) is 0 Å². The Labute approximate surface area is 130 Å². The number of hydrogen-bond donors (Lipinski definition) is 0. The zero-order valence-electron chi connectivity index (χ0n) is 12.9. The van der Waals surface area contributed by atoms with Crippen LogP contribution in [0.4, 0.5) is 5.69 Å². The second-order valence-corrected chi connectivity index (χ2v) is 6.37. The monoisotopic (exact) mass is 299 g/mol. The van der Waals surface area contributed by atoms with E-state index in [2.05, 4.69) is 27.9 Å². The Bertz CT molecular complexity index is 665. The van der Waals surface area contributed by atoms with Gasteiger partial charge in [0.05, 0.1) is 18.2 Å². The molecule has 0 aromatic carbocycles. The molecule has 2 aliphatic rings. The number of ether oxygens (including phenoxy) is 2. The summed E-state index contributed by atoms with van der Waals surface area (Å²) >= 11 is 0. The molecule has 2 aliphatic heterocycles. The van der Waals surface area contributed by atoms with Crippen LogP contribution in [0.15, 0.2) is 30.7 Å². The summed E-state index contributed by atoms with van der Waals surface area (Å²) in [6.07, 6.45) is 7.89. The van der Waals surface area contributed by atoms with E-state index in [1.807, 2.05) is 18.5 Å². The highest BCUT2D eigenvalue weighted by atomic mass is 16.6. The average molecular weight is 299 g/mol. The van der Waals surface area contributed by atoms with Gasteiger partial charge in [0, 0.05) is 49.4 Å². The van der Waals surface area contributed by atoms with E-state index in [4.69, 9.17) is 9.47 Å². The first-order valence-corrected chi connectivity index (χ1v) is 7.95. The van der Waals surface area contributed by atoms with E-state index in [1.165, 1.54) is 5.69 Å². The summed E-state index contributed by atoms with van der Waals surface area (Å²) in [6, 6.07) is 4.04. The molecule has 2 fully saturated rings. The van der Waals surface area contributed by atoms with Crippen LogP contribution < -0.4 is 4.90 Å². The van der Waals surface area contributed by atoms with E-state index < -0.39 is 0 Å². The maximum absolute atomic E-state index is 6.28. The van der Waals surface area contributed by atoms with Gasteiger partial charge in [-0.05, 0) is 31.9 Å². The molecule has 0 saturated carbocycles. The van der Waals surface area contributed by atoms with E-state index in [0.29, 0.717) is 6.61 Å². The lowest BCUT2D eigenvalue weighted by molar-refractivity contribution is -0.160. The van der Waals surface area contributed by atoms with Crippen molar-refractivity contribution in [3.63, 3.8) is 0 Å². The second-order valence-electron chi connectivity index (χ2n) is 6.37. The molecule has 5 heteroatoms. The van der Waals surface area contributed by atoms with Gasteiger partial charge in [-0.15, -0.1) is 0 Å². The highest BCUT2D eigenvalue weighted by Gasteiger charge is 2.41. The van der Waals surface area contributed by atoms with Gasteiger partial charge in [0.25, 0.3) is 0 Å². The molecule has 2 atom stereocenters. The van der Waals surface area contributed by atoms with E-state index in [-0.39, 0.29) is 11.7 Å². The van der Waals surface area contributed by atoms with Crippen LogP contribution >= 0.6 is 0 Å². The summed E-state index contributed by atoms with van der Waals surface area (Å²) in [5.41, 5.74) is 2.01. The lowest BCUT2D eigenvalue weighted by Gasteiger charge is -2.48. The van der Waals surface area contributed by atoms with E-state index in [1.54, 1.807) is 6.20 Å². The van der Waals surface area contributed by atoms with Gasteiger partial charge < -0.3 is 14.4 Å². The Hall–Kier alpha value is -1.72. The number of nitrogens with zero attached hydrogens (tertiary/aromatic N) is 3. The van der Waals surface area contributed by atoms with Crippen LogP contribution in [0.5, 0.6) is 0 Å². The third-order valence-electron chi connectivity index (χ3n) is 4.55. The third kappa shape index (κ3) is 2.44. The smallest absolute Gasteiger partial charge is 0.109 e. The molecule has 0 amide bonds. The third-order valence-corrected chi connectivity index (χ3v) is 4.55. The molecule has 2 unspecified atom stereocenters. The fraction of sp³-hybridized carbons (Fsp3) is 0.529. The van der Waals surface area contributed by atoms with Crippen molar-refractivity contribution in [1.82, 2.24) is 9.97 Å². The van der Waals surface area contributed by atoms with Crippen LogP contribution in [-0.4, -0.2) is 48.0 Å². The van der Waals surface area contributed by atoms with Gasteiger partial charge in [0.15, 0.2) is 0 Å². The summed E-state index contributed by atoms with van der Waals surface area (Å²) in [7, 11) is 0. The van der Waals surface area contributed by atoms with Crippen molar-refractivity contribution in [2.45, 2.75) is 31.5 Å². The van der Waals surface area contributed by atoms with Crippen LogP contribution in [0, 0.1) is 0 Å². The number of fused-ring (bicyclic) bond motifs is 1. The number of pyridine rings is 2. The van der Waals surface area contributed by atoms with E-state index in [9.17, 15) is 0 Å². The number of anilines is 1. The molecule has 0 N–H and O–H groups in total. The standard InChI is InChI=1S/C17H21N3O2/c1-13-10-20(11-17(22-13)5-2-8-21-12-17)16-4-7-19-15-3-6-18-9-14(15)16/h3-4,6-7,9,13H,2,5,8,10-12H2,1H3. The summed E-state index contributed by atoms with van der Waals surface area (Å²) in [5, 5.41) is 1.10. The topological polar surface area (TPSA) is 47.5 Å². The van der Waals surface area contributed by atoms with E-state index in [0.717, 1.165) is 43.4 Å². The summed E-state index contributed by atoms with van der Waals surface area (Å²) in [5.74, 6) is 0. The number of rotatable bonds is 1. The van der Waals surface area contributed by atoms with Crippen LogP contribution in [0.25, 0.3) is 10.9 Å². The first-order chi connectivity index (χ1) is 10.8. The van der Waals surface area contributed by atoms with Gasteiger partial charge >= 0.3 is 0 Å². The lowest BCUT2D eigenvalue weighted by Crippen LogP contribution is -2.58. The minimum Gasteiger partial charge on any atom is -0.378 e. The highest BCUT2D eigenvalue weighted by molar-refractivity contribution is 5.90. The molecule has 4 rings (SSSR count). The molecule has 5 nitrogen and oxygen atoms in total. The molecule has 2 saturated heterocycles. The minimum absolute atomic E-state index is 0.173. The fourth-order valence-corrected chi connectivity index (χ4v) is 3.70. The quantitative estimate of drug-likeness (QED) is 0.809. The van der Waals surface area contributed by atoms with Crippen LogP contribution in [-0.2, 0) is 9.47 Å². The summed E-state index contributed by atoms with van der Waals surface area (Å²) in [4.78, 5) is 11.1. The zero-order chi connectivity index (χ0) is 15.0. The molecular weight excluding hydrogens is 278 g/mol. The molecule has 0 bridgehead atoms. The van der Waals surface area contributed by atoms with Gasteiger partial charge in [-0.3, -0.25) is 9.97 Å². The summed E-state index contributed by atoms with van der Waals surface area (Å²) in [6.45, 7) is 5.43. The largest absolute Gasteiger partial charge is 0.378 e. The fourth-order valence-electron chi connectivity index (χ4n) is 3.70. The normalized spacial score (nSPS) is 29.1. The molecule has 22 heavy (non-hydrogen) atoms. The van der Waals surface area contributed by atoms with Gasteiger partial charge in [-0.2, -0.15) is 0 Å². The predicted octanol–water partition coefficient (Wildman–Crippen LogP) is 2.40. The Balaban J connectivity index is 1.71. The minimum atomic E-state index is -0.173. The average Bonchev–Trinajstić information content (AvgIpc) is 2.54. The Kier molecular flexibility index (Phi) is 3.47. The van der Waals surface area contributed by atoms with Crippen LogP contribution in [0.2, 0.25) is 0 Å². The predicted molar refractivity (Wildman–Crippen MR) is 85.1 cm³/mol. The Morgan fingerprint density at radius 3 is 3.14 bits per heavy atom. The van der Waals surface area contributed by atoms with Crippen molar-refractivity contribution in [1.29, 1.82) is 0 Å². The second kappa shape index (κ2) is 5.48. The first kappa shape index (κ1) is 13.9. The van der Waals surface area contributed by atoms with E-state index >= 15 is 0 Å². The summed E-state index contributed by atoms with van der Waals surface area (Å²) < 4.78 is 12.0. The zero-order valence-corrected chi connectivity index (χ0v) is 12.9. The Morgan fingerprint density at radius 2 is 2.27 bits per heavy atom. The SMILES string of the molecule is CC1CN(c2ccnc3ccncc23)CC2(CCCOC2)O1. The van der Waals surface area contributed by atoms with Crippen molar-refractivity contribution in [3.8, 4) is 0 Å². The van der Waals surface area contributed by atoms with Gasteiger partial charge in [0.1, 0.15) is 5.60 Å². The molecule has 0 aliphatic carbocycles. The number of aromatic nitrogens is 2. The maximum atomic E-state index is 6.28. The first-order valence-electron chi connectivity index (χ1n) is 7.95. The van der Waals surface area contributed by atoms with Crippen molar-refractivity contribution >= 4 is 16.6 Å². The van der Waals surface area contributed by atoms with Crippen LogP contribution in [0.3, 0.4) is 0 Å².